The molecule has 4 heterocycles. The number of carbonyl (C=O) groups excluding carboxylic acids is 1. The number of carbonyl (C=O) groups is 1. The van der Waals surface area contributed by atoms with Crippen molar-refractivity contribution in [3.05, 3.63) is 78.2 Å². The molecule has 3 N–H and O–H groups in total. The van der Waals surface area contributed by atoms with Crippen LogP contribution in [-0.2, 0) is 4.79 Å². The second-order valence-electron chi connectivity index (χ2n) is 10.4. The summed E-state index contributed by atoms with van der Waals surface area (Å²) < 4.78 is 13.5. The van der Waals surface area contributed by atoms with Gasteiger partial charge in [0.15, 0.2) is 11.5 Å². The van der Waals surface area contributed by atoms with Crippen molar-refractivity contribution in [2.75, 3.05) is 5.32 Å². The quantitative estimate of drug-likeness (QED) is 0.226. The number of benzene rings is 2. The van der Waals surface area contributed by atoms with Crippen molar-refractivity contribution >= 4 is 33.7 Å². The summed E-state index contributed by atoms with van der Waals surface area (Å²) in [6, 6.07) is 17.9. The number of amides is 1. The molecule has 1 aliphatic rings. The van der Waals surface area contributed by atoms with E-state index < -0.39 is 0 Å². The van der Waals surface area contributed by atoms with Crippen molar-refractivity contribution in [3.8, 4) is 34.0 Å². The lowest BCUT2D eigenvalue weighted by atomic mass is 10.0. The number of nitrogens with zero attached hydrogens (tertiary/aromatic N) is 4. The van der Waals surface area contributed by atoms with Crippen molar-refractivity contribution < 1.29 is 9.18 Å². The first-order valence-electron chi connectivity index (χ1n) is 13.4. The number of aromatic amines is 2. The summed E-state index contributed by atoms with van der Waals surface area (Å²) in [6.45, 7) is 2.01. The van der Waals surface area contributed by atoms with Gasteiger partial charge in [-0.1, -0.05) is 12.8 Å². The number of H-pyrrole nitrogens is 2. The van der Waals surface area contributed by atoms with Gasteiger partial charge in [0, 0.05) is 28.9 Å². The van der Waals surface area contributed by atoms with E-state index in [0.29, 0.717) is 28.2 Å². The zero-order chi connectivity index (χ0) is 27.2. The van der Waals surface area contributed by atoms with Crippen LogP contribution in [0.15, 0.2) is 66.9 Å². The topological polar surface area (TPSA) is 112 Å². The number of aromatic nitrogens is 6. The van der Waals surface area contributed by atoms with Crippen LogP contribution in [0.3, 0.4) is 0 Å². The van der Waals surface area contributed by atoms with E-state index in [4.69, 9.17) is 9.97 Å². The summed E-state index contributed by atoms with van der Waals surface area (Å²) in [7, 11) is 0. The van der Waals surface area contributed by atoms with Gasteiger partial charge in [0.25, 0.3) is 0 Å². The molecule has 1 saturated carbocycles. The predicted octanol–water partition coefficient (Wildman–Crippen LogP) is 6.81. The standard InChI is InChI=1S/C31H26FN7O/c1-17-14-20(16-22(15-17)34-31(40)19-4-2-3-5-19)23-10-11-25-28(35-23)29(39-38-25)30-36-24-12-13-33-26(27(24)37-30)18-6-8-21(32)9-7-18/h6-16,19H,2-5H2,1H3,(H,34,40)(H,36,37)(H,38,39). The number of pyridine rings is 2. The van der Waals surface area contributed by atoms with Gasteiger partial charge in [-0.15, -0.1) is 0 Å². The fourth-order valence-electron chi connectivity index (χ4n) is 5.53. The smallest absolute Gasteiger partial charge is 0.227 e. The lowest BCUT2D eigenvalue weighted by Gasteiger charge is -2.12. The number of halogens is 1. The third-order valence-electron chi connectivity index (χ3n) is 7.52. The summed E-state index contributed by atoms with van der Waals surface area (Å²) in [5.74, 6) is 0.430. The molecule has 0 bridgehead atoms. The summed E-state index contributed by atoms with van der Waals surface area (Å²) in [4.78, 5) is 30.4. The summed E-state index contributed by atoms with van der Waals surface area (Å²) in [6.07, 6.45) is 5.83. The zero-order valence-corrected chi connectivity index (χ0v) is 21.8. The molecule has 0 radical (unpaired) electrons. The maximum absolute atomic E-state index is 13.5. The van der Waals surface area contributed by atoms with E-state index in [1.807, 2.05) is 37.3 Å². The van der Waals surface area contributed by atoms with Gasteiger partial charge >= 0.3 is 0 Å². The zero-order valence-electron chi connectivity index (χ0n) is 21.8. The molecule has 9 heteroatoms. The molecule has 4 aromatic heterocycles. The van der Waals surface area contributed by atoms with Crippen LogP contribution in [0, 0.1) is 18.7 Å². The number of imidazole rings is 1. The maximum atomic E-state index is 13.5. The second-order valence-corrected chi connectivity index (χ2v) is 10.4. The van der Waals surface area contributed by atoms with E-state index in [0.717, 1.165) is 64.8 Å². The Balaban J connectivity index is 1.26. The molecule has 1 amide bonds. The minimum atomic E-state index is -0.305. The number of hydrogen-bond donors (Lipinski definition) is 3. The Hall–Kier alpha value is -4.92. The van der Waals surface area contributed by atoms with Crippen LogP contribution >= 0.6 is 0 Å². The molecule has 7 rings (SSSR count). The van der Waals surface area contributed by atoms with E-state index in [9.17, 15) is 9.18 Å². The van der Waals surface area contributed by atoms with Crippen LogP contribution in [-0.4, -0.2) is 36.0 Å². The molecule has 2 aromatic carbocycles. The van der Waals surface area contributed by atoms with Crippen molar-refractivity contribution in [1.29, 1.82) is 0 Å². The highest BCUT2D eigenvalue weighted by Gasteiger charge is 2.23. The monoisotopic (exact) mass is 531 g/mol. The van der Waals surface area contributed by atoms with Gasteiger partial charge in [-0.05, 0) is 86.0 Å². The first kappa shape index (κ1) is 24.1. The minimum absolute atomic E-state index is 0.0916. The van der Waals surface area contributed by atoms with Gasteiger partial charge in [0.2, 0.25) is 5.91 Å². The molecule has 0 unspecified atom stereocenters. The van der Waals surface area contributed by atoms with Gasteiger partial charge in [-0.25, -0.2) is 14.4 Å². The summed E-state index contributed by atoms with van der Waals surface area (Å²) in [5, 5.41) is 10.7. The second kappa shape index (κ2) is 9.68. The predicted molar refractivity (Wildman–Crippen MR) is 153 cm³/mol. The molecule has 1 fully saturated rings. The number of aryl methyl sites for hydroxylation is 1. The Morgan fingerprint density at radius 2 is 1.70 bits per heavy atom. The average Bonchev–Trinajstić information content (AvgIpc) is 3.72. The molecule has 0 saturated heterocycles. The lowest BCUT2D eigenvalue weighted by Crippen LogP contribution is -2.20. The number of nitrogens with one attached hydrogen (secondary N) is 3. The van der Waals surface area contributed by atoms with Gasteiger partial charge in [-0.3, -0.25) is 14.9 Å². The highest BCUT2D eigenvalue weighted by molar-refractivity contribution is 5.96. The number of anilines is 1. The maximum Gasteiger partial charge on any atom is 0.227 e. The van der Waals surface area contributed by atoms with E-state index in [1.165, 1.54) is 12.1 Å². The third kappa shape index (κ3) is 4.39. The van der Waals surface area contributed by atoms with Gasteiger partial charge in [0.05, 0.1) is 22.4 Å². The molecule has 0 aliphatic heterocycles. The highest BCUT2D eigenvalue weighted by Crippen LogP contribution is 2.32. The molecular formula is C31H26FN7O. The van der Waals surface area contributed by atoms with E-state index in [2.05, 4.69) is 31.5 Å². The molecule has 1 aliphatic carbocycles. The van der Waals surface area contributed by atoms with Crippen LogP contribution in [0.25, 0.3) is 56.1 Å². The van der Waals surface area contributed by atoms with Crippen molar-refractivity contribution in [3.63, 3.8) is 0 Å². The fraction of sp³-hybridized carbons (Fsp3) is 0.194. The van der Waals surface area contributed by atoms with Crippen molar-refractivity contribution in [1.82, 2.24) is 30.1 Å². The molecule has 198 valence electrons. The molecular weight excluding hydrogens is 505 g/mol. The summed E-state index contributed by atoms with van der Waals surface area (Å²) in [5.41, 5.74) is 8.39. The number of rotatable bonds is 5. The fourth-order valence-corrected chi connectivity index (χ4v) is 5.53. The van der Waals surface area contributed by atoms with Crippen LogP contribution in [0.4, 0.5) is 10.1 Å². The first-order valence-corrected chi connectivity index (χ1v) is 13.4. The SMILES string of the molecule is Cc1cc(NC(=O)C2CCCC2)cc(-c2ccc3[nH]nc(-c4nc5c(-c6ccc(F)cc6)nccc5[nH]4)c3n2)c1. The number of fused-ring (bicyclic) bond motifs is 2. The molecule has 8 nitrogen and oxygen atoms in total. The van der Waals surface area contributed by atoms with E-state index in [-0.39, 0.29) is 17.6 Å². The van der Waals surface area contributed by atoms with E-state index >= 15 is 0 Å². The largest absolute Gasteiger partial charge is 0.336 e. The minimum Gasteiger partial charge on any atom is -0.336 e. The summed E-state index contributed by atoms with van der Waals surface area (Å²) >= 11 is 0. The van der Waals surface area contributed by atoms with Crippen molar-refractivity contribution in [2.24, 2.45) is 5.92 Å². The molecule has 0 spiro atoms. The van der Waals surface area contributed by atoms with Crippen LogP contribution in [0.2, 0.25) is 0 Å². The Labute approximate surface area is 229 Å². The molecule has 6 aromatic rings. The van der Waals surface area contributed by atoms with Gasteiger partial charge in [0.1, 0.15) is 16.9 Å². The first-order chi connectivity index (χ1) is 19.5. The average molecular weight is 532 g/mol. The number of hydrogen-bond acceptors (Lipinski definition) is 5. The van der Waals surface area contributed by atoms with Crippen LogP contribution in [0.1, 0.15) is 31.2 Å². The Morgan fingerprint density at radius 3 is 2.52 bits per heavy atom. The molecule has 0 atom stereocenters. The third-order valence-corrected chi connectivity index (χ3v) is 7.52. The van der Waals surface area contributed by atoms with Crippen molar-refractivity contribution in [2.45, 2.75) is 32.6 Å². The Kier molecular flexibility index (Phi) is 5.84. The normalized spacial score (nSPS) is 13.8. The van der Waals surface area contributed by atoms with Crippen LogP contribution < -0.4 is 5.32 Å². The van der Waals surface area contributed by atoms with E-state index in [1.54, 1.807) is 18.3 Å². The highest BCUT2D eigenvalue weighted by atomic mass is 19.1. The Bertz CT molecular complexity index is 1880. The van der Waals surface area contributed by atoms with Crippen LogP contribution in [0.5, 0.6) is 0 Å². The van der Waals surface area contributed by atoms with Gasteiger partial charge < -0.3 is 10.3 Å². The lowest BCUT2D eigenvalue weighted by molar-refractivity contribution is -0.119. The Morgan fingerprint density at radius 1 is 0.900 bits per heavy atom. The van der Waals surface area contributed by atoms with Gasteiger partial charge in [-0.2, -0.15) is 5.10 Å². The molecule has 40 heavy (non-hydrogen) atoms.